The van der Waals surface area contributed by atoms with Crippen LogP contribution in [0.1, 0.15) is 5.69 Å². The molecule has 3 nitrogen and oxygen atoms in total. The topological polar surface area (TPSA) is 37.8 Å². The number of fused-ring (bicyclic) bond motifs is 1. The molecular formula is C15H11BrClN3. The number of hydrogen-bond donors (Lipinski definition) is 1. The van der Waals surface area contributed by atoms with Gasteiger partial charge in [0, 0.05) is 21.7 Å². The number of aromatic nitrogens is 2. The van der Waals surface area contributed by atoms with E-state index >= 15 is 0 Å². The fourth-order valence-corrected chi connectivity index (χ4v) is 2.72. The van der Waals surface area contributed by atoms with Gasteiger partial charge in [0.25, 0.3) is 0 Å². The van der Waals surface area contributed by atoms with Gasteiger partial charge in [-0.25, -0.2) is 4.98 Å². The highest BCUT2D eigenvalue weighted by Gasteiger charge is 2.07. The van der Waals surface area contributed by atoms with Gasteiger partial charge in [-0.1, -0.05) is 29.8 Å². The van der Waals surface area contributed by atoms with Crippen molar-refractivity contribution in [2.75, 3.05) is 5.32 Å². The minimum Gasteiger partial charge on any atom is -0.338 e. The van der Waals surface area contributed by atoms with Gasteiger partial charge in [-0.05, 0) is 41.1 Å². The summed E-state index contributed by atoms with van der Waals surface area (Å²) in [6, 6.07) is 11.8. The monoisotopic (exact) mass is 347 g/mol. The molecule has 0 fully saturated rings. The van der Waals surface area contributed by atoms with Crippen LogP contribution in [0.2, 0.25) is 5.02 Å². The fourth-order valence-electron chi connectivity index (χ4n) is 2.05. The third kappa shape index (κ3) is 2.62. The van der Waals surface area contributed by atoms with Crippen LogP contribution in [0, 0.1) is 6.92 Å². The lowest BCUT2D eigenvalue weighted by Crippen LogP contribution is -1.97. The minimum atomic E-state index is 0.568. The molecule has 2 aromatic heterocycles. The Labute approximate surface area is 130 Å². The van der Waals surface area contributed by atoms with Gasteiger partial charge < -0.3 is 5.32 Å². The second-order valence-electron chi connectivity index (χ2n) is 4.44. The largest absolute Gasteiger partial charge is 0.338 e. The van der Waals surface area contributed by atoms with Gasteiger partial charge in [0.2, 0.25) is 0 Å². The number of anilines is 2. The quantitative estimate of drug-likeness (QED) is 0.700. The van der Waals surface area contributed by atoms with Crippen LogP contribution < -0.4 is 5.32 Å². The Hall–Kier alpha value is -1.65. The van der Waals surface area contributed by atoms with E-state index in [4.69, 9.17) is 11.6 Å². The summed E-state index contributed by atoms with van der Waals surface area (Å²) in [7, 11) is 0. The first kappa shape index (κ1) is 13.3. The molecule has 0 bridgehead atoms. The lowest BCUT2D eigenvalue weighted by molar-refractivity contribution is 1.24. The number of hydrogen-bond acceptors (Lipinski definition) is 3. The Morgan fingerprint density at radius 1 is 1.20 bits per heavy atom. The lowest BCUT2D eigenvalue weighted by Gasteiger charge is -2.11. The molecule has 0 radical (unpaired) electrons. The number of benzene rings is 1. The molecule has 2 heterocycles. The highest BCUT2D eigenvalue weighted by molar-refractivity contribution is 9.10. The fraction of sp³-hybridized carbons (Fsp3) is 0.0667. The van der Waals surface area contributed by atoms with Crippen LogP contribution in [0.15, 0.2) is 47.1 Å². The maximum absolute atomic E-state index is 6.20. The third-order valence-electron chi connectivity index (χ3n) is 2.91. The Morgan fingerprint density at radius 3 is 2.80 bits per heavy atom. The highest BCUT2D eigenvalue weighted by Crippen LogP contribution is 2.29. The van der Waals surface area contributed by atoms with Crippen molar-refractivity contribution in [3.63, 3.8) is 0 Å². The molecule has 0 atom stereocenters. The van der Waals surface area contributed by atoms with Crippen LogP contribution in [-0.2, 0) is 0 Å². The van der Waals surface area contributed by atoms with Gasteiger partial charge in [0.15, 0.2) is 0 Å². The van der Waals surface area contributed by atoms with E-state index < -0.39 is 0 Å². The molecule has 1 N–H and O–H groups in total. The van der Waals surface area contributed by atoms with E-state index in [9.17, 15) is 0 Å². The van der Waals surface area contributed by atoms with Crippen LogP contribution >= 0.6 is 27.5 Å². The smallest absolute Gasteiger partial charge is 0.149 e. The van der Waals surface area contributed by atoms with Crippen molar-refractivity contribution in [2.45, 2.75) is 6.92 Å². The van der Waals surface area contributed by atoms with E-state index in [2.05, 4.69) is 31.2 Å². The molecule has 5 heteroatoms. The molecule has 0 aliphatic heterocycles. The Kier molecular flexibility index (Phi) is 3.59. The average molecular weight is 349 g/mol. The Balaban J connectivity index is 2.10. The van der Waals surface area contributed by atoms with Crippen LogP contribution in [0.3, 0.4) is 0 Å². The molecule has 0 saturated heterocycles. The van der Waals surface area contributed by atoms with Crippen molar-refractivity contribution in [3.8, 4) is 0 Å². The first-order valence-electron chi connectivity index (χ1n) is 6.08. The predicted molar refractivity (Wildman–Crippen MR) is 86.7 cm³/mol. The molecular weight excluding hydrogens is 338 g/mol. The molecule has 0 aliphatic rings. The van der Waals surface area contributed by atoms with Crippen molar-refractivity contribution >= 4 is 49.9 Å². The van der Waals surface area contributed by atoms with E-state index in [1.54, 1.807) is 6.20 Å². The van der Waals surface area contributed by atoms with Crippen LogP contribution in [-0.4, -0.2) is 9.97 Å². The molecule has 100 valence electrons. The lowest BCUT2D eigenvalue weighted by atomic mass is 10.1. The SMILES string of the molecule is Cc1cc(Nc2ncc(Br)cc2Cl)c2ccccc2n1. The molecule has 3 aromatic rings. The summed E-state index contributed by atoms with van der Waals surface area (Å²) in [4.78, 5) is 8.81. The van der Waals surface area contributed by atoms with Gasteiger partial charge in [0.1, 0.15) is 5.82 Å². The summed E-state index contributed by atoms with van der Waals surface area (Å²) in [6.45, 7) is 1.97. The number of pyridine rings is 2. The van der Waals surface area contributed by atoms with Crippen LogP contribution in [0.4, 0.5) is 11.5 Å². The standard InChI is InChI=1S/C15H11BrClN3/c1-9-6-14(11-4-2-3-5-13(11)19-9)20-15-12(17)7-10(16)8-18-15/h2-8H,1H3,(H,18,19,20). The molecule has 0 unspecified atom stereocenters. The predicted octanol–water partition coefficient (Wildman–Crippen LogP) is 5.10. The molecule has 0 saturated carbocycles. The number of aryl methyl sites for hydroxylation is 1. The van der Waals surface area contributed by atoms with E-state index in [1.807, 2.05) is 43.3 Å². The van der Waals surface area contributed by atoms with Crippen LogP contribution in [0.5, 0.6) is 0 Å². The average Bonchev–Trinajstić information content (AvgIpc) is 2.41. The summed E-state index contributed by atoms with van der Waals surface area (Å²) >= 11 is 9.55. The van der Waals surface area contributed by atoms with E-state index in [0.29, 0.717) is 10.8 Å². The zero-order valence-corrected chi connectivity index (χ0v) is 13.0. The summed E-state index contributed by atoms with van der Waals surface area (Å²) in [5, 5.41) is 4.89. The first-order chi connectivity index (χ1) is 9.63. The summed E-state index contributed by atoms with van der Waals surface area (Å²) in [5.74, 6) is 0.630. The van der Waals surface area contributed by atoms with Crippen LogP contribution in [0.25, 0.3) is 10.9 Å². The normalized spacial score (nSPS) is 10.8. The molecule has 3 rings (SSSR count). The second-order valence-corrected chi connectivity index (χ2v) is 5.76. The summed E-state index contributed by atoms with van der Waals surface area (Å²) in [6.07, 6.45) is 1.71. The van der Waals surface area contributed by atoms with Gasteiger partial charge in [-0.2, -0.15) is 0 Å². The Bertz CT molecular complexity index is 789. The third-order valence-corrected chi connectivity index (χ3v) is 3.63. The van der Waals surface area contributed by atoms with Crippen molar-refractivity contribution in [1.82, 2.24) is 9.97 Å². The van der Waals surface area contributed by atoms with E-state index in [1.165, 1.54) is 0 Å². The molecule has 0 aliphatic carbocycles. The minimum absolute atomic E-state index is 0.568. The zero-order valence-electron chi connectivity index (χ0n) is 10.7. The van der Waals surface area contributed by atoms with Gasteiger partial charge >= 0.3 is 0 Å². The zero-order chi connectivity index (χ0) is 14.1. The van der Waals surface area contributed by atoms with Gasteiger partial charge in [-0.15, -0.1) is 0 Å². The van der Waals surface area contributed by atoms with Gasteiger partial charge in [0.05, 0.1) is 16.2 Å². The number of nitrogens with one attached hydrogen (secondary N) is 1. The first-order valence-corrected chi connectivity index (χ1v) is 7.25. The Morgan fingerprint density at radius 2 is 2.00 bits per heavy atom. The van der Waals surface area contributed by atoms with Crippen molar-refractivity contribution < 1.29 is 0 Å². The summed E-state index contributed by atoms with van der Waals surface area (Å²) < 4.78 is 0.851. The molecule has 20 heavy (non-hydrogen) atoms. The van der Waals surface area contributed by atoms with E-state index in [0.717, 1.165) is 26.8 Å². The molecule has 0 amide bonds. The molecule has 0 spiro atoms. The number of nitrogens with zero attached hydrogens (tertiary/aromatic N) is 2. The number of rotatable bonds is 2. The second kappa shape index (κ2) is 5.38. The summed E-state index contributed by atoms with van der Waals surface area (Å²) in [5.41, 5.74) is 2.84. The number of para-hydroxylation sites is 1. The van der Waals surface area contributed by atoms with E-state index in [-0.39, 0.29) is 0 Å². The maximum atomic E-state index is 6.20. The molecule has 1 aromatic carbocycles. The maximum Gasteiger partial charge on any atom is 0.149 e. The van der Waals surface area contributed by atoms with Crippen molar-refractivity contribution in [1.29, 1.82) is 0 Å². The van der Waals surface area contributed by atoms with Crippen molar-refractivity contribution in [3.05, 3.63) is 57.8 Å². The number of halogens is 2. The highest BCUT2D eigenvalue weighted by atomic mass is 79.9. The van der Waals surface area contributed by atoms with Gasteiger partial charge in [-0.3, -0.25) is 4.98 Å². The van der Waals surface area contributed by atoms with Crippen molar-refractivity contribution in [2.24, 2.45) is 0 Å².